The number of hydrogen-bond donors (Lipinski definition) is 1. The Labute approximate surface area is 228 Å². The van der Waals surface area contributed by atoms with E-state index in [1.807, 2.05) is 65.2 Å². The number of hydrogen-bond acceptors (Lipinski definition) is 4. The third kappa shape index (κ3) is 4.96. The first-order valence-corrected chi connectivity index (χ1v) is 13.0. The van der Waals surface area contributed by atoms with Gasteiger partial charge in [0, 0.05) is 36.2 Å². The Balaban J connectivity index is 1.53. The van der Waals surface area contributed by atoms with Crippen LogP contribution >= 0.6 is 58.6 Å². The number of H-pyrrole nitrogens is 1. The molecule has 2 heterocycles. The van der Waals surface area contributed by atoms with Gasteiger partial charge < -0.3 is 4.90 Å². The molecule has 180 valence electrons. The summed E-state index contributed by atoms with van der Waals surface area (Å²) < 4.78 is 2.42. The van der Waals surface area contributed by atoms with Crippen molar-refractivity contribution in [1.82, 2.24) is 19.7 Å². The molecule has 0 amide bonds. The summed E-state index contributed by atoms with van der Waals surface area (Å²) in [5, 5.41) is 10.1. The monoisotopic (exact) mass is 563 g/mol. The molecule has 1 N–H and O–H groups in total. The molecule has 0 aliphatic carbocycles. The lowest BCUT2D eigenvalue weighted by atomic mass is 10.0. The third-order valence-electron chi connectivity index (χ3n) is 6.16. The Morgan fingerprint density at radius 2 is 1.54 bits per heavy atom. The van der Waals surface area contributed by atoms with Crippen molar-refractivity contribution in [3.8, 4) is 5.69 Å². The lowest BCUT2D eigenvalue weighted by Gasteiger charge is -2.40. The third-order valence-corrected chi connectivity index (χ3v) is 7.82. The number of piperazine rings is 1. The molecular formula is C25H21Cl4N5S. The summed E-state index contributed by atoms with van der Waals surface area (Å²) >= 11 is 31.4. The fraction of sp³-hybridized carbons (Fsp3) is 0.200. The minimum Gasteiger partial charge on any atom is -0.368 e. The van der Waals surface area contributed by atoms with Gasteiger partial charge in [-0.05, 0) is 54.2 Å². The summed E-state index contributed by atoms with van der Waals surface area (Å²) in [5.74, 6) is 0.750. The molecule has 5 rings (SSSR count). The molecule has 10 heteroatoms. The number of rotatable bonds is 5. The SMILES string of the molecule is S=c1[nH]nc(C(c2ccccc2Cl)N2CCN(c3cccc(Cl)c3Cl)CC2)n1-c1cccc(Cl)c1. The van der Waals surface area contributed by atoms with E-state index < -0.39 is 0 Å². The van der Waals surface area contributed by atoms with Gasteiger partial charge in [-0.3, -0.25) is 14.6 Å². The van der Waals surface area contributed by atoms with Crippen LogP contribution in [0.4, 0.5) is 5.69 Å². The first-order chi connectivity index (χ1) is 16.9. The molecule has 3 aromatic carbocycles. The van der Waals surface area contributed by atoms with Crippen LogP contribution in [-0.4, -0.2) is 45.8 Å². The number of nitrogens with one attached hydrogen (secondary N) is 1. The van der Waals surface area contributed by atoms with E-state index in [0.717, 1.165) is 48.9 Å². The lowest BCUT2D eigenvalue weighted by molar-refractivity contribution is 0.204. The van der Waals surface area contributed by atoms with E-state index in [2.05, 4.69) is 20.0 Å². The Morgan fingerprint density at radius 3 is 2.29 bits per heavy atom. The smallest absolute Gasteiger partial charge is 0.199 e. The molecule has 1 saturated heterocycles. The van der Waals surface area contributed by atoms with Crippen molar-refractivity contribution in [3.63, 3.8) is 0 Å². The van der Waals surface area contributed by atoms with E-state index in [0.29, 0.717) is 24.9 Å². The fourth-order valence-corrected chi connectivity index (χ4v) is 5.59. The van der Waals surface area contributed by atoms with Crippen LogP contribution in [0.3, 0.4) is 0 Å². The molecule has 35 heavy (non-hydrogen) atoms. The highest BCUT2D eigenvalue weighted by Crippen LogP contribution is 2.37. The predicted octanol–water partition coefficient (Wildman–Crippen LogP) is 7.46. The van der Waals surface area contributed by atoms with Crippen molar-refractivity contribution in [3.05, 3.63) is 103 Å². The minimum atomic E-state index is -0.229. The molecule has 0 bridgehead atoms. The van der Waals surface area contributed by atoms with E-state index in [9.17, 15) is 0 Å². The topological polar surface area (TPSA) is 40.1 Å². The van der Waals surface area contributed by atoms with Crippen molar-refractivity contribution in [2.75, 3.05) is 31.1 Å². The van der Waals surface area contributed by atoms with E-state index in [1.165, 1.54) is 0 Å². The first-order valence-electron chi connectivity index (χ1n) is 11.0. The molecule has 0 saturated carbocycles. The number of aromatic nitrogens is 3. The van der Waals surface area contributed by atoms with E-state index in [4.69, 9.17) is 58.6 Å². The maximum absolute atomic E-state index is 6.72. The van der Waals surface area contributed by atoms with Gasteiger partial charge >= 0.3 is 0 Å². The average molecular weight is 565 g/mol. The molecule has 1 fully saturated rings. The number of benzene rings is 3. The highest BCUT2D eigenvalue weighted by atomic mass is 35.5. The summed E-state index contributed by atoms with van der Waals surface area (Å²) in [6, 6.07) is 20.9. The molecule has 1 aromatic heterocycles. The number of anilines is 1. The summed E-state index contributed by atoms with van der Waals surface area (Å²) in [5.41, 5.74) is 2.74. The molecule has 1 unspecified atom stereocenters. The van der Waals surface area contributed by atoms with Crippen LogP contribution in [-0.2, 0) is 0 Å². The van der Waals surface area contributed by atoms with Crippen molar-refractivity contribution < 1.29 is 0 Å². The average Bonchev–Trinajstić information content (AvgIpc) is 3.23. The van der Waals surface area contributed by atoms with Crippen LogP contribution in [0.15, 0.2) is 66.7 Å². The van der Waals surface area contributed by atoms with Crippen molar-refractivity contribution in [2.24, 2.45) is 0 Å². The first kappa shape index (κ1) is 24.6. The Hall–Kier alpha value is -2.06. The van der Waals surface area contributed by atoms with E-state index in [-0.39, 0.29) is 6.04 Å². The van der Waals surface area contributed by atoms with Gasteiger partial charge in [0.05, 0.1) is 27.5 Å². The van der Waals surface area contributed by atoms with E-state index >= 15 is 0 Å². The van der Waals surface area contributed by atoms with Gasteiger partial charge in [0.25, 0.3) is 0 Å². The van der Waals surface area contributed by atoms with Gasteiger partial charge in [-0.2, -0.15) is 5.10 Å². The summed E-state index contributed by atoms with van der Waals surface area (Å²) in [4.78, 5) is 4.62. The molecule has 1 aliphatic heterocycles. The molecule has 0 radical (unpaired) electrons. The summed E-state index contributed by atoms with van der Waals surface area (Å²) in [6.07, 6.45) is 0. The van der Waals surface area contributed by atoms with Gasteiger partial charge in [-0.1, -0.05) is 76.7 Å². The summed E-state index contributed by atoms with van der Waals surface area (Å²) in [7, 11) is 0. The Bertz CT molecular complexity index is 1410. The quantitative estimate of drug-likeness (QED) is 0.255. The van der Waals surface area contributed by atoms with Crippen LogP contribution in [0.25, 0.3) is 5.69 Å². The van der Waals surface area contributed by atoms with Gasteiger partial charge in [0.2, 0.25) is 0 Å². The standard InChI is InChI=1S/C25H21Cl4N5S/c26-16-5-3-6-17(15-16)34-24(30-31-25(34)35)23(18-7-1-2-8-19(18)27)33-13-11-32(12-14-33)21-10-4-9-20(28)22(21)29/h1-10,15,23H,11-14H2,(H,31,35). The van der Waals surface area contributed by atoms with Gasteiger partial charge in [0.15, 0.2) is 10.6 Å². The zero-order valence-electron chi connectivity index (χ0n) is 18.5. The lowest BCUT2D eigenvalue weighted by Crippen LogP contribution is -2.48. The predicted molar refractivity (Wildman–Crippen MR) is 147 cm³/mol. The molecule has 1 atom stereocenters. The second kappa shape index (κ2) is 10.5. The molecule has 0 spiro atoms. The normalized spacial score (nSPS) is 15.4. The van der Waals surface area contributed by atoms with Crippen LogP contribution < -0.4 is 4.90 Å². The van der Waals surface area contributed by atoms with Gasteiger partial charge in [0.1, 0.15) is 0 Å². The van der Waals surface area contributed by atoms with Crippen molar-refractivity contribution >= 4 is 64.3 Å². The second-order valence-corrected chi connectivity index (χ2v) is 10.2. The van der Waals surface area contributed by atoms with Gasteiger partial charge in [-0.15, -0.1) is 0 Å². The zero-order valence-corrected chi connectivity index (χ0v) is 22.3. The number of nitrogens with zero attached hydrogens (tertiary/aromatic N) is 4. The highest BCUT2D eigenvalue weighted by Gasteiger charge is 2.32. The largest absolute Gasteiger partial charge is 0.368 e. The number of aromatic amines is 1. The molecule has 1 aliphatic rings. The van der Waals surface area contributed by atoms with Crippen LogP contribution in [0.2, 0.25) is 20.1 Å². The maximum Gasteiger partial charge on any atom is 0.199 e. The molecular weight excluding hydrogens is 544 g/mol. The summed E-state index contributed by atoms with van der Waals surface area (Å²) in [6.45, 7) is 3.05. The van der Waals surface area contributed by atoms with Crippen molar-refractivity contribution in [1.29, 1.82) is 0 Å². The Kier molecular flexibility index (Phi) is 7.39. The van der Waals surface area contributed by atoms with E-state index in [1.54, 1.807) is 6.07 Å². The van der Waals surface area contributed by atoms with Crippen molar-refractivity contribution in [2.45, 2.75) is 6.04 Å². The fourth-order valence-electron chi connectivity index (χ4n) is 4.51. The minimum absolute atomic E-state index is 0.229. The van der Waals surface area contributed by atoms with Gasteiger partial charge in [-0.25, -0.2) is 0 Å². The maximum atomic E-state index is 6.72. The molecule has 4 aromatic rings. The Morgan fingerprint density at radius 1 is 0.829 bits per heavy atom. The molecule has 5 nitrogen and oxygen atoms in total. The second-order valence-electron chi connectivity index (χ2n) is 8.22. The number of halogens is 4. The van der Waals surface area contributed by atoms with Crippen LogP contribution in [0.1, 0.15) is 17.4 Å². The van der Waals surface area contributed by atoms with Crippen LogP contribution in [0, 0.1) is 4.77 Å². The zero-order chi connectivity index (χ0) is 24.5. The van der Waals surface area contributed by atoms with Crippen LogP contribution in [0.5, 0.6) is 0 Å². The highest BCUT2D eigenvalue weighted by molar-refractivity contribution is 7.71.